The first kappa shape index (κ1) is 16.7. The molecule has 0 saturated carbocycles. The number of hydrogen-bond donors (Lipinski definition) is 1. The molecule has 21 heavy (non-hydrogen) atoms. The molecule has 1 fully saturated rings. The summed E-state index contributed by atoms with van der Waals surface area (Å²) in [6.07, 6.45) is 0.835. The van der Waals surface area contributed by atoms with E-state index in [4.69, 9.17) is 0 Å². The van der Waals surface area contributed by atoms with Crippen molar-refractivity contribution >= 4 is 21.8 Å². The molecule has 0 unspecified atom stereocenters. The Balaban J connectivity index is 2.42. The van der Waals surface area contributed by atoms with E-state index in [0.717, 1.165) is 17.9 Å². The Bertz CT molecular complexity index is 597. The molecule has 0 aromatic heterocycles. The quantitative estimate of drug-likeness (QED) is 0.916. The molecule has 1 aromatic carbocycles. The summed E-state index contributed by atoms with van der Waals surface area (Å²) in [5.41, 5.74) is 0.843. The molecular formula is C14H21FN2O2S2. The van der Waals surface area contributed by atoms with Gasteiger partial charge in [-0.3, -0.25) is 0 Å². The molecule has 0 aliphatic carbocycles. The number of thioether (sulfide) groups is 1. The molecule has 2 rings (SSSR count). The van der Waals surface area contributed by atoms with Gasteiger partial charge in [0.05, 0.1) is 4.90 Å². The predicted octanol–water partition coefficient (Wildman–Crippen LogP) is 1.98. The number of sulfonamides is 1. The third-order valence-electron chi connectivity index (χ3n) is 3.54. The van der Waals surface area contributed by atoms with Gasteiger partial charge in [0.15, 0.2) is 0 Å². The van der Waals surface area contributed by atoms with Crippen LogP contribution in [0.3, 0.4) is 0 Å². The van der Waals surface area contributed by atoms with E-state index in [2.05, 4.69) is 5.32 Å². The number of nitrogens with zero attached hydrogens (tertiary/aromatic N) is 1. The number of benzene rings is 1. The smallest absolute Gasteiger partial charge is 0.243 e. The van der Waals surface area contributed by atoms with Gasteiger partial charge in [0.2, 0.25) is 10.0 Å². The first-order valence-corrected chi connectivity index (χ1v) is 9.58. The van der Waals surface area contributed by atoms with Crippen molar-refractivity contribution in [2.45, 2.75) is 24.8 Å². The van der Waals surface area contributed by atoms with Gasteiger partial charge >= 0.3 is 0 Å². The monoisotopic (exact) mass is 332 g/mol. The molecule has 1 aliphatic heterocycles. The van der Waals surface area contributed by atoms with E-state index in [1.807, 2.05) is 0 Å². The zero-order valence-electron chi connectivity index (χ0n) is 12.4. The number of rotatable bonds is 4. The highest BCUT2D eigenvalue weighted by Crippen LogP contribution is 2.25. The van der Waals surface area contributed by atoms with Crippen molar-refractivity contribution in [1.29, 1.82) is 0 Å². The second kappa shape index (κ2) is 7.09. The summed E-state index contributed by atoms with van der Waals surface area (Å²) >= 11 is 1.76. The number of hydrogen-bond acceptors (Lipinski definition) is 4. The molecule has 1 aliphatic rings. The average molecular weight is 332 g/mol. The van der Waals surface area contributed by atoms with Crippen LogP contribution in [0.2, 0.25) is 0 Å². The van der Waals surface area contributed by atoms with Gasteiger partial charge in [0, 0.05) is 31.0 Å². The summed E-state index contributed by atoms with van der Waals surface area (Å²) in [5, 5.41) is 2.92. The van der Waals surface area contributed by atoms with Gasteiger partial charge in [0.25, 0.3) is 0 Å². The minimum absolute atomic E-state index is 0.0969. The van der Waals surface area contributed by atoms with Gasteiger partial charge < -0.3 is 5.32 Å². The van der Waals surface area contributed by atoms with Crippen LogP contribution in [0.5, 0.6) is 0 Å². The maximum absolute atomic E-state index is 14.0. The van der Waals surface area contributed by atoms with Crippen LogP contribution in [0.15, 0.2) is 17.0 Å². The summed E-state index contributed by atoms with van der Waals surface area (Å²) < 4.78 is 41.1. The molecule has 1 heterocycles. The van der Waals surface area contributed by atoms with E-state index in [1.54, 1.807) is 24.9 Å². The molecule has 0 spiro atoms. The minimum Gasteiger partial charge on any atom is -0.316 e. The Morgan fingerprint density at radius 1 is 1.33 bits per heavy atom. The molecule has 7 heteroatoms. The lowest BCUT2D eigenvalue weighted by Crippen LogP contribution is -2.33. The fourth-order valence-electron chi connectivity index (χ4n) is 2.38. The lowest BCUT2D eigenvalue weighted by atomic mass is 10.1. The lowest BCUT2D eigenvalue weighted by Gasteiger charge is -2.21. The first-order valence-electron chi connectivity index (χ1n) is 6.98. The summed E-state index contributed by atoms with van der Waals surface area (Å²) in [6.45, 7) is 2.96. The van der Waals surface area contributed by atoms with Crippen LogP contribution in [0.4, 0.5) is 4.39 Å². The Labute approximate surface area is 130 Å². The standard InChI is InChI=1S/C14H21FN2O2S2/c1-11-13(15)8-12(10-16-2)9-14(11)21(18,19)17-4-3-6-20-7-5-17/h8-9,16H,3-7,10H2,1-2H3. The largest absolute Gasteiger partial charge is 0.316 e. The van der Waals surface area contributed by atoms with Crippen molar-refractivity contribution < 1.29 is 12.8 Å². The zero-order chi connectivity index (χ0) is 15.5. The van der Waals surface area contributed by atoms with Crippen molar-refractivity contribution in [3.05, 3.63) is 29.1 Å². The SMILES string of the molecule is CNCc1cc(F)c(C)c(S(=O)(=O)N2CCCSCC2)c1. The minimum atomic E-state index is -3.63. The zero-order valence-corrected chi connectivity index (χ0v) is 14.0. The topological polar surface area (TPSA) is 49.4 Å². The van der Waals surface area contributed by atoms with Crippen molar-refractivity contribution in [1.82, 2.24) is 9.62 Å². The van der Waals surface area contributed by atoms with Gasteiger partial charge in [-0.15, -0.1) is 0 Å². The van der Waals surface area contributed by atoms with E-state index in [9.17, 15) is 12.8 Å². The summed E-state index contributed by atoms with van der Waals surface area (Å²) in [7, 11) is -1.88. The van der Waals surface area contributed by atoms with Gasteiger partial charge in [-0.1, -0.05) is 0 Å². The third kappa shape index (κ3) is 3.77. The lowest BCUT2D eigenvalue weighted by molar-refractivity contribution is 0.433. The molecule has 0 bridgehead atoms. The van der Waals surface area contributed by atoms with Crippen LogP contribution in [0.25, 0.3) is 0 Å². The second-order valence-corrected chi connectivity index (χ2v) is 8.23. The van der Waals surface area contributed by atoms with E-state index in [1.165, 1.54) is 17.3 Å². The van der Waals surface area contributed by atoms with Crippen molar-refractivity contribution in [3.8, 4) is 0 Å². The molecule has 1 saturated heterocycles. The average Bonchev–Trinajstić information content (AvgIpc) is 2.72. The van der Waals surface area contributed by atoms with Crippen molar-refractivity contribution in [2.24, 2.45) is 0 Å². The van der Waals surface area contributed by atoms with Gasteiger partial charge in [-0.05, 0) is 43.8 Å². The normalized spacial score (nSPS) is 17.7. The van der Waals surface area contributed by atoms with Crippen LogP contribution in [-0.4, -0.2) is 44.4 Å². The molecular weight excluding hydrogens is 311 g/mol. The Hall–Kier alpha value is -0.630. The van der Waals surface area contributed by atoms with Gasteiger partial charge in [-0.25, -0.2) is 12.8 Å². The Morgan fingerprint density at radius 2 is 2.10 bits per heavy atom. The molecule has 4 nitrogen and oxygen atoms in total. The highest BCUT2D eigenvalue weighted by Gasteiger charge is 2.28. The van der Waals surface area contributed by atoms with Crippen LogP contribution < -0.4 is 5.32 Å². The fraction of sp³-hybridized carbons (Fsp3) is 0.571. The van der Waals surface area contributed by atoms with Crippen molar-refractivity contribution in [3.63, 3.8) is 0 Å². The number of nitrogens with one attached hydrogen (secondary N) is 1. The van der Waals surface area contributed by atoms with Crippen molar-refractivity contribution in [2.75, 3.05) is 31.6 Å². The van der Waals surface area contributed by atoms with E-state index in [-0.39, 0.29) is 10.5 Å². The van der Waals surface area contributed by atoms with Gasteiger partial charge in [-0.2, -0.15) is 16.1 Å². The first-order chi connectivity index (χ1) is 9.96. The van der Waals surface area contributed by atoms with Crippen LogP contribution in [0.1, 0.15) is 17.5 Å². The Morgan fingerprint density at radius 3 is 2.81 bits per heavy atom. The fourth-order valence-corrected chi connectivity index (χ4v) is 5.15. The summed E-state index contributed by atoms with van der Waals surface area (Å²) in [4.78, 5) is 0.0969. The highest BCUT2D eigenvalue weighted by atomic mass is 32.2. The molecule has 118 valence electrons. The maximum Gasteiger partial charge on any atom is 0.243 e. The molecule has 1 aromatic rings. The predicted molar refractivity (Wildman–Crippen MR) is 84.6 cm³/mol. The number of halogens is 1. The molecule has 1 N–H and O–H groups in total. The van der Waals surface area contributed by atoms with Crippen LogP contribution in [0, 0.1) is 12.7 Å². The van der Waals surface area contributed by atoms with E-state index >= 15 is 0 Å². The van der Waals surface area contributed by atoms with E-state index in [0.29, 0.717) is 25.2 Å². The van der Waals surface area contributed by atoms with Crippen LogP contribution >= 0.6 is 11.8 Å². The second-order valence-electron chi connectivity index (χ2n) is 5.10. The molecule has 0 amide bonds. The van der Waals surface area contributed by atoms with Gasteiger partial charge in [0.1, 0.15) is 5.82 Å². The summed E-state index contributed by atoms with van der Waals surface area (Å²) in [5.74, 6) is 1.29. The van der Waals surface area contributed by atoms with Crippen LogP contribution in [-0.2, 0) is 16.6 Å². The Kier molecular flexibility index (Phi) is 5.65. The molecule has 0 atom stereocenters. The molecule has 0 radical (unpaired) electrons. The highest BCUT2D eigenvalue weighted by molar-refractivity contribution is 7.99. The maximum atomic E-state index is 14.0. The van der Waals surface area contributed by atoms with E-state index < -0.39 is 15.8 Å². The summed E-state index contributed by atoms with van der Waals surface area (Å²) in [6, 6.07) is 2.98. The third-order valence-corrected chi connectivity index (χ3v) is 6.61.